The van der Waals surface area contributed by atoms with Gasteiger partial charge in [0.05, 0.1) is 13.0 Å². The molecule has 0 spiro atoms. The predicted molar refractivity (Wildman–Crippen MR) is 90.1 cm³/mol. The van der Waals surface area contributed by atoms with E-state index >= 15 is 0 Å². The van der Waals surface area contributed by atoms with Crippen molar-refractivity contribution in [3.63, 3.8) is 0 Å². The van der Waals surface area contributed by atoms with Gasteiger partial charge in [-0.25, -0.2) is 4.39 Å². The standard InChI is InChI=1S/C17H22FN3O5/c1-3-26-15(23)9-13(16(19)24)21-17(25)14(20-10(2)22)8-11-6-4-5-7-12(11)18/h4-7,13-14H,3,8-9H2,1-2H3,(H2,19,24)(H,20,22)(H,21,25)/t13-,14-/m0/s1. The maximum Gasteiger partial charge on any atom is 0.308 e. The summed E-state index contributed by atoms with van der Waals surface area (Å²) < 4.78 is 18.5. The van der Waals surface area contributed by atoms with Crippen LogP contribution in [-0.4, -0.2) is 42.4 Å². The number of primary amides is 1. The highest BCUT2D eigenvalue weighted by atomic mass is 19.1. The van der Waals surface area contributed by atoms with E-state index in [-0.39, 0.29) is 18.6 Å². The van der Waals surface area contributed by atoms with E-state index in [1.807, 2.05) is 0 Å². The minimum absolute atomic E-state index is 0.111. The molecule has 0 aromatic heterocycles. The van der Waals surface area contributed by atoms with Gasteiger partial charge in [-0.15, -0.1) is 0 Å². The van der Waals surface area contributed by atoms with Crippen molar-refractivity contribution < 1.29 is 28.3 Å². The van der Waals surface area contributed by atoms with Gasteiger partial charge in [0.25, 0.3) is 0 Å². The van der Waals surface area contributed by atoms with E-state index in [2.05, 4.69) is 10.6 Å². The number of ether oxygens (including phenoxy) is 1. The van der Waals surface area contributed by atoms with Crippen molar-refractivity contribution in [3.05, 3.63) is 35.6 Å². The summed E-state index contributed by atoms with van der Waals surface area (Å²) in [6.45, 7) is 2.91. The van der Waals surface area contributed by atoms with Gasteiger partial charge >= 0.3 is 5.97 Å². The molecule has 0 aliphatic rings. The van der Waals surface area contributed by atoms with Crippen molar-refractivity contribution in [1.29, 1.82) is 0 Å². The lowest BCUT2D eigenvalue weighted by Gasteiger charge is -2.21. The zero-order chi connectivity index (χ0) is 19.7. The van der Waals surface area contributed by atoms with Crippen LogP contribution in [0.2, 0.25) is 0 Å². The Bertz CT molecular complexity index is 680. The summed E-state index contributed by atoms with van der Waals surface area (Å²) in [6.07, 6.45) is -0.579. The zero-order valence-corrected chi connectivity index (χ0v) is 14.6. The molecule has 2 atom stereocenters. The number of halogens is 1. The first-order valence-corrected chi connectivity index (χ1v) is 8.00. The molecule has 1 aromatic carbocycles. The van der Waals surface area contributed by atoms with Crippen LogP contribution in [0.4, 0.5) is 4.39 Å². The molecule has 0 saturated heterocycles. The summed E-state index contributed by atoms with van der Waals surface area (Å²) >= 11 is 0. The number of rotatable bonds is 9. The van der Waals surface area contributed by atoms with Gasteiger partial charge in [0, 0.05) is 13.3 Å². The molecule has 1 rings (SSSR count). The lowest BCUT2D eigenvalue weighted by molar-refractivity contribution is -0.145. The van der Waals surface area contributed by atoms with E-state index in [4.69, 9.17) is 10.5 Å². The maximum atomic E-state index is 13.8. The average Bonchev–Trinajstić information content (AvgIpc) is 2.55. The molecule has 9 heteroatoms. The van der Waals surface area contributed by atoms with E-state index in [1.165, 1.54) is 25.1 Å². The number of carbonyl (C=O) groups excluding carboxylic acids is 4. The molecule has 26 heavy (non-hydrogen) atoms. The van der Waals surface area contributed by atoms with Crippen LogP contribution in [0.3, 0.4) is 0 Å². The van der Waals surface area contributed by atoms with Crippen LogP contribution < -0.4 is 16.4 Å². The van der Waals surface area contributed by atoms with Gasteiger partial charge in [-0.1, -0.05) is 18.2 Å². The summed E-state index contributed by atoms with van der Waals surface area (Å²) in [5.41, 5.74) is 5.41. The quantitative estimate of drug-likeness (QED) is 0.521. The third kappa shape index (κ3) is 6.88. The topological polar surface area (TPSA) is 128 Å². The van der Waals surface area contributed by atoms with Crippen molar-refractivity contribution in [2.45, 2.75) is 38.8 Å². The van der Waals surface area contributed by atoms with E-state index in [0.29, 0.717) is 0 Å². The number of amides is 3. The highest BCUT2D eigenvalue weighted by Crippen LogP contribution is 2.10. The van der Waals surface area contributed by atoms with Crippen LogP contribution in [0.25, 0.3) is 0 Å². The van der Waals surface area contributed by atoms with Gasteiger partial charge in [0.1, 0.15) is 17.9 Å². The maximum absolute atomic E-state index is 13.8. The third-order valence-corrected chi connectivity index (χ3v) is 3.41. The van der Waals surface area contributed by atoms with Gasteiger partial charge < -0.3 is 21.1 Å². The predicted octanol–water partition coefficient (Wildman–Crippen LogP) is -0.204. The molecule has 0 fully saturated rings. The van der Waals surface area contributed by atoms with Crippen LogP contribution in [0.15, 0.2) is 24.3 Å². The average molecular weight is 367 g/mol. The number of hydrogen-bond donors (Lipinski definition) is 3. The van der Waals surface area contributed by atoms with Crippen LogP contribution in [-0.2, 0) is 30.3 Å². The van der Waals surface area contributed by atoms with Gasteiger partial charge in [-0.2, -0.15) is 0 Å². The van der Waals surface area contributed by atoms with Gasteiger partial charge in [-0.05, 0) is 18.6 Å². The van der Waals surface area contributed by atoms with Crippen LogP contribution in [0.5, 0.6) is 0 Å². The lowest BCUT2D eigenvalue weighted by atomic mass is 10.0. The minimum Gasteiger partial charge on any atom is -0.466 e. The Hall–Kier alpha value is -2.97. The second-order valence-electron chi connectivity index (χ2n) is 5.52. The molecule has 0 radical (unpaired) electrons. The molecule has 0 aliphatic heterocycles. The van der Waals surface area contributed by atoms with Crippen molar-refractivity contribution in [1.82, 2.24) is 10.6 Å². The Labute approximate surface area is 150 Å². The monoisotopic (exact) mass is 367 g/mol. The largest absolute Gasteiger partial charge is 0.466 e. The summed E-state index contributed by atoms with van der Waals surface area (Å²) in [5, 5.41) is 4.69. The van der Waals surface area contributed by atoms with E-state index in [1.54, 1.807) is 13.0 Å². The fraction of sp³-hybridized carbons (Fsp3) is 0.412. The first-order valence-electron chi connectivity index (χ1n) is 8.00. The van der Waals surface area contributed by atoms with Crippen LogP contribution in [0.1, 0.15) is 25.8 Å². The van der Waals surface area contributed by atoms with E-state index < -0.39 is 48.0 Å². The molecule has 3 amide bonds. The molecular formula is C17H22FN3O5. The molecule has 4 N–H and O–H groups in total. The fourth-order valence-electron chi connectivity index (χ4n) is 2.22. The number of hydrogen-bond acceptors (Lipinski definition) is 5. The molecule has 8 nitrogen and oxygen atoms in total. The number of carbonyl (C=O) groups is 4. The third-order valence-electron chi connectivity index (χ3n) is 3.41. The molecule has 0 heterocycles. The Morgan fingerprint density at radius 1 is 1.15 bits per heavy atom. The number of nitrogens with two attached hydrogens (primary N) is 1. The molecule has 0 saturated carbocycles. The SMILES string of the molecule is CCOC(=O)C[C@H](NC(=O)[C@H](Cc1ccccc1F)NC(C)=O)C(N)=O. The smallest absolute Gasteiger partial charge is 0.308 e. The summed E-state index contributed by atoms with van der Waals surface area (Å²) in [6, 6.07) is 3.34. The number of benzene rings is 1. The Morgan fingerprint density at radius 2 is 1.81 bits per heavy atom. The van der Waals surface area contributed by atoms with Crippen LogP contribution >= 0.6 is 0 Å². The van der Waals surface area contributed by atoms with Gasteiger partial charge in [0.15, 0.2) is 0 Å². The second-order valence-corrected chi connectivity index (χ2v) is 5.52. The van der Waals surface area contributed by atoms with Crippen molar-refractivity contribution in [2.24, 2.45) is 5.73 Å². The Kier molecular flexibility index (Phi) is 8.20. The fourth-order valence-corrected chi connectivity index (χ4v) is 2.22. The second kappa shape index (κ2) is 10.1. The molecule has 0 bridgehead atoms. The minimum atomic E-state index is -1.31. The van der Waals surface area contributed by atoms with Crippen molar-refractivity contribution in [3.8, 4) is 0 Å². The number of esters is 1. The van der Waals surface area contributed by atoms with Crippen LogP contribution in [0, 0.1) is 5.82 Å². The molecular weight excluding hydrogens is 345 g/mol. The number of nitrogens with one attached hydrogen (secondary N) is 2. The zero-order valence-electron chi connectivity index (χ0n) is 14.6. The highest BCUT2D eigenvalue weighted by Gasteiger charge is 2.27. The lowest BCUT2D eigenvalue weighted by Crippen LogP contribution is -2.54. The molecule has 1 aromatic rings. The normalized spacial score (nSPS) is 12.6. The highest BCUT2D eigenvalue weighted by molar-refractivity contribution is 5.93. The Morgan fingerprint density at radius 3 is 2.35 bits per heavy atom. The van der Waals surface area contributed by atoms with Crippen molar-refractivity contribution >= 4 is 23.7 Å². The van der Waals surface area contributed by atoms with Gasteiger partial charge in [0.2, 0.25) is 17.7 Å². The molecule has 142 valence electrons. The summed E-state index contributed by atoms with van der Waals surface area (Å²) in [7, 11) is 0. The molecule has 0 unspecified atom stereocenters. The van der Waals surface area contributed by atoms with E-state index in [9.17, 15) is 23.6 Å². The first-order chi connectivity index (χ1) is 12.2. The van der Waals surface area contributed by atoms with Gasteiger partial charge in [-0.3, -0.25) is 19.2 Å². The summed E-state index contributed by atoms with van der Waals surface area (Å²) in [5.74, 6) is -3.45. The summed E-state index contributed by atoms with van der Waals surface area (Å²) in [4.78, 5) is 46.8. The molecule has 0 aliphatic carbocycles. The van der Waals surface area contributed by atoms with Crippen molar-refractivity contribution in [2.75, 3.05) is 6.61 Å². The Balaban J connectivity index is 2.89. The first kappa shape index (κ1) is 21.1. The van der Waals surface area contributed by atoms with E-state index in [0.717, 1.165) is 0 Å².